The lowest BCUT2D eigenvalue weighted by Gasteiger charge is -2.19. The van der Waals surface area contributed by atoms with Crippen molar-refractivity contribution in [2.24, 2.45) is 0 Å². The third-order valence-electron chi connectivity index (χ3n) is 3.93. The highest BCUT2D eigenvalue weighted by molar-refractivity contribution is 5.36. The Balaban J connectivity index is 2.33. The Morgan fingerprint density at radius 3 is 2.14 bits per heavy atom. The Morgan fingerprint density at radius 1 is 1.05 bits per heavy atom. The molecule has 1 aromatic heterocycles. The van der Waals surface area contributed by atoms with E-state index in [-0.39, 0.29) is 6.04 Å². The van der Waals surface area contributed by atoms with Crippen molar-refractivity contribution in [2.45, 2.75) is 53.0 Å². The van der Waals surface area contributed by atoms with Crippen LogP contribution in [0.25, 0.3) is 0 Å². The van der Waals surface area contributed by atoms with E-state index in [0.717, 1.165) is 24.5 Å². The van der Waals surface area contributed by atoms with Crippen LogP contribution in [0.4, 0.5) is 0 Å². The largest absolute Gasteiger partial charge is 0.466 e. The van der Waals surface area contributed by atoms with Crippen LogP contribution in [0.15, 0.2) is 34.7 Å². The van der Waals surface area contributed by atoms with Gasteiger partial charge in [0.15, 0.2) is 0 Å². The van der Waals surface area contributed by atoms with E-state index in [1.54, 1.807) is 0 Å². The Bertz CT molecular complexity index is 566. The molecule has 2 heteroatoms. The van der Waals surface area contributed by atoms with Crippen LogP contribution in [0, 0.1) is 13.8 Å². The van der Waals surface area contributed by atoms with Crippen LogP contribution < -0.4 is 5.32 Å². The molecule has 114 valence electrons. The van der Waals surface area contributed by atoms with Gasteiger partial charge in [0.25, 0.3) is 0 Å². The normalized spacial score (nSPS) is 12.9. The summed E-state index contributed by atoms with van der Waals surface area (Å²) < 4.78 is 5.72. The molecule has 1 unspecified atom stereocenters. The molecule has 0 aliphatic rings. The molecular formula is C19H27NO. The number of hydrogen-bond acceptors (Lipinski definition) is 2. The van der Waals surface area contributed by atoms with Gasteiger partial charge < -0.3 is 9.73 Å². The van der Waals surface area contributed by atoms with E-state index in [4.69, 9.17) is 4.42 Å². The van der Waals surface area contributed by atoms with E-state index in [0.29, 0.717) is 5.92 Å². The first kappa shape index (κ1) is 15.8. The van der Waals surface area contributed by atoms with Crippen molar-refractivity contribution in [1.82, 2.24) is 5.32 Å². The summed E-state index contributed by atoms with van der Waals surface area (Å²) in [5.74, 6) is 2.55. The fourth-order valence-corrected chi connectivity index (χ4v) is 2.71. The molecule has 0 aliphatic carbocycles. The fraction of sp³-hybridized carbons (Fsp3) is 0.474. The summed E-state index contributed by atoms with van der Waals surface area (Å²) in [7, 11) is 0. The average molecular weight is 285 g/mol. The molecule has 0 saturated carbocycles. The van der Waals surface area contributed by atoms with E-state index < -0.39 is 0 Å². The maximum absolute atomic E-state index is 5.72. The molecule has 21 heavy (non-hydrogen) atoms. The fourth-order valence-electron chi connectivity index (χ4n) is 2.71. The van der Waals surface area contributed by atoms with Gasteiger partial charge in [0.05, 0.1) is 6.04 Å². The van der Waals surface area contributed by atoms with E-state index in [1.165, 1.54) is 16.7 Å². The second-order valence-corrected chi connectivity index (χ2v) is 6.08. The smallest absolute Gasteiger partial charge is 0.106 e. The molecule has 1 aromatic carbocycles. The maximum Gasteiger partial charge on any atom is 0.106 e. The highest BCUT2D eigenvalue weighted by atomic mass is 16.3. The summed E-state index contributed by atoms with van der Waals surface area (Å²) in [6.07, 6.45) is 1.12. The maximum atomic E-state index is 5.72. The second kappa shape index (κ2) is 6.95. The molecular weight excluding hydrogens is 258 g/mol. The van der Waals surface area contributed by atoms with Crippen molar-refractivity contribution in [2.75, 3.05) is 6.54 Å². The molecule has 0 saturated heterocycles. The van der Waals surface area contributed by atoms with Crippen molar-refractivity contribution >= 4 is 0 Å². The van der Waals surface area contributed by atoms with Gasteiger partial charge in [0.1, 0.15) is 11.5 Å². The third-order valence-corrected chi connectivity index (χ3v) is 3.93. The highest BCUT2D eigenvalue weighted by Gasteiger charge is 2.18. The van der Waals surface area contributed by atoms with E-state index in [2.05, 4.69) is 56.4 Å². The lowest BCUT2D eigenvalue weighted by atomic mass is 9.95. The number of furan rings is 1. The van der Waals surface area contributed by atoms with Gasteiger partial charge in [-0.3, -0.25) is 0 Å². The van der Waals surface area contributed by atoms with Gasteiger partial charge >= 0.3 is 0 Å². The third kappa shape index (κ3) is 3.76. The van der Waals surface area contributed by atoms with E-state index in [9.17, 15) is 0 Å². The first-order valence-corrected chi connectivity index (χ1v) is 7.93. The minimum atomic E-state index is 0.212. The Morgan fingerprint density at radius 2 is 1.67 bits per heavy atom. The van der Waals surface area contributed by atoms with Crippen LogP contribution >= 0.6 is 0 Å². The van der Waals surface area contributed by atoms with Gasteiger partial charge in [-0.1, -0.05) is 45.0 Å². The van der Waals surface area contributed by atoms with Gasteiger partial charge in [0, 0.05) is 5.56 Å². The topological polar surface area (TPSA) is 25.2 Å². The van der Waals surface area contributed by atoms with Crippen LogP contribution in [0.5, 0.6) is 0 Å². The molecule has 1 N–H and O–H groups in total. The van der Waals surface area contributed by atoms with Gasteiger partial charge in [-0.25, -0.2) is 0 Å². The SMILES string of the molecule is CCCNC(c1ccc(C(C)C)cc1)c1cc(C)oc1C. The molecule has 2 nitrogen and oxygen atoms in total. The molecule has 2 rings (SSSR count). The molecule has 0 bridgehead atoms. The molecule has 0 amide bonds. The van der Waals surface area contributed by atoms with Gasteiger partial charge in [-0.2, -0.15) is 0 Å². The average Bonchev–Trinajstić information content (AvgIpc) is 2.79. The lowest BCUT2D eigenvalue weighted by molar-refractivity contribution is 0.493. The first-order chi connectivity index (χ1) is 10.0. The van der Waals surface area contributed by atoms with Crippen LogP contribution in [0.1, 0.15) is 67.4 Å². The van der Waals surface area contributed by atoms with Crippen LogP contribution in [0.2, 0.25) is 0 Å². The Hall–Kier alpha value is -1.54. The monoisotopic (exact) mass is 285 g/mol. The molecule has 0 aliphatic heterocycles. The summed E-state index contributed by atoms with van der Waals surface area (Å²) in [6.45, 7) is 11.7. The predicted octanol–water partition coefficient (Wildman–Crippen LogP) is 5.11. The van der Waals surface area contributed by atoms with Crippen molar-refractivity contribution in [3.8, 4) is 0 Å². The summed E-state index contributed by atoms with van der Waals surface area (Å²) in [6, 6.07) is 11.3. The molecule has 2 aromatic rings. The standard InChI is InChI=1S/C19H27NO/c1-6-11-20-19(18-12-14(4)21-15(18)5)17-9-7-16(8-10-17)13(2)3/h7-10,12-13,19-20H,6,11H2,1-5H3. The quantitative estimate of drug-likeness (QED) is 0.798. The number of aryl methyl sites for hydroxylation is 2. The van der Waals surface area contributed by atoms with Crippen molar-refractivity contribution < 1.29 is 4.42 Å². The van der Waals surface area contributed by atoms with Gasteiger partial charge in [-0.15, -0.1) is 0 Å². The second-order valence-electron chi connectivity index (χ2n) is 6.08. The minimum absolute atomic E-state index is 0.212. The Labute approximate surface area is 128 Å². The summed E-state index contributed by atoms with van der Waals surface area (Å²) in [5, 5.41) is 3.64. The Kier molecular flexibility index (Phi) is 5.24. The number of nitrogens with one attached hydrogen (secondary N) is 1. The summed E-state index contributed by atoms with van der Waals surface area (Å²) in [4.78, 5) is 0. The summed E-state index contributed by atoms with van der Waals surface area (Å²) in [5.41, 5.74) is 3.93. The predicted molar refractivity (Wildman–Crippen MR) is 88.8 cm³/mol. The first-order valence-electron chi connectivity index (χ1n) is 7.93. The van der Waals surface area contributed by atoms with Gasteiger partial charge in [0.2, 0.25) is 0 Å². The molecule has 0 fully saturated rings. The van der Waals surface area contributed by atoms with Crippen molar-refractivity contribution in [3.05, 3.63) is 58.5 Å². The van der Waals surface area contributed by atoms with Gasteiger partial charge in [-0.05, 0) is 49.9 Å². The zero-order valence-electron chi connectivity index (χ0n) is 13.9. The minimum Gasteiger partial charge on any atom is -0.466 e. The zero-order chi connectivity index (χ0) is 15.4. The van der Waals surface area contributed by atoms with Crippen LogP contribution in [-0.4, -0.2) is 6.54 Å². The zero-order valence-corrected chi connectivity index (χ0v) is 13.9. The molecule has 1 heterocycles. The van der Waals surface area contributed by atoms with Crippen LogP contribution in [0.3, 0.4) is 0 Å². The molecule has 0 radical (unpaired) electrons. The molecule has 1 atom stereocenters. The number of hydrogen-bond donors (Lipinski definition) is 1. The summed E-state index contributed by atoms with van der Waals surface area (Å²) >= 11 is 0. The van der Waals surface area contributed by atoms with Crippen molar-refractivity contribution in [1.29, 1.82) is 0 Å². The molecule has 0 spiro atoms. The van der Waals surface area contributed by atoms with Crippen molar-refractivity contribution in [3.63, 3.8) is 0 Å². The number of benzene rings is 1. The highest BCUT2D eigenvalue weighted by Crippen LogP contribution is 2.28. The van der Waals surface area contributed by atoms with Crippen LogP contribution in [-0.2, 0) is 0 Å². The lowest BCUT2D eigenvalue weighted by Crippen LogP contribution is -2.23. The van der Waals surface area contributed by atoms with E-state index >= 15 is 0 Å². The van der Waals surface area contributed by atoms with E-state index in [1.807, 2.05) is 13.8 Å². The number of rotatable bonds is 6.